The van der Waals surface area contributed by atoms with Crippen molar-refractivity contribution in [2.24, 2.45) is 7.05 Å². The summed E-state index contributed by atoms with van der Waals surface area (Å²) in [5.41, 5.74) is 2.59. The number of morpholine rings is 1. The average Bonchev–Trinajstić information content (AvgIpc) is 3.75. The number of amides is 4. The number of hydrogen-bond acceptors (Lipinski definition) is 8. The van der Waals surface area contributed by atoms with Gasteiger partial charge in [-0.2, -0.15) is 5.10 Å². The highest BCUT2D eigenvalue weighted by atomic mass is 35.5. The molecule has 14 heteroatoms. The summed E-state index contributed by atoms with van der Waals surface area (Å²) in [5.74, 6) is 5.49. The van der Waals surface area contributed by atoms with E-state index in [1.807, 2.05) is 30.3 Å². The molecule has 1 spiro atoms. The Kier molecular flexibility index (Phi) is 11.2. The molecule has 0 aliphatic carbocycles. The van der Waals surface area contributed by atoms with E-state index >= 15 is 0 Å². The van der Waals surface area contributed by atoms with Gasteiger partial charge in [0.15, 0.2) is 0 Å². The van der Waals surface area contributed by atoms with Crippen molar-refractivity contribution >= 4 is 35.1 Å². The fourth-order valence-corrected chi connectivity index (χ4v) is 7.16. The van der Waals surface area contributed by atoms with Crippen LogP contribution in [0.4, 0.5) is 10.5 Å². The Hall–Kier alpha value is -5.39. The van der Waals surface area contributed by atoms with Crippen LogP contribution in [0, 0.1) is 11.8 Å². The van der Waals surface area contributed by atoms with E-state index in [2.05, 4.69) is 27.6 Å². The van der Waals surface area contributed by atoms with Crippen LogP contribution in [0.5, 0.6) is 5.75 Å². The zero-order valence-electron chi connectivity index (χ0n) is 29.8. The van der Waals surface area contributed by atoms with Crippen LogP contribution in [0.1, 0.15) is 29.5 Å². The molecule has 4 aromatic rings. The Morgan fingerprint density at radius 2 is 1.70 bits per heavy atom. The van der Waals surface area contributed by atoms with Crippen LogP contribution < -0.4 is 10.6 Å². The third-order valence-electron chi connectivity index (χ3n) is 9.79. The minimum atomic E-state index is -1.05. The van der Waals surface area contributed by atoms with Crippen LogP contribution in [-0.2, 0) is 37.3 Å². The molecule has 13 nitrogen and oxygen atoms in total. The molecule has 2 atom stereocenters. The molecular weight excluding hydrogens is 712 g/mol. The second kappa shape index (κ2) is 16.3. The number of aromatic hydroxyl groups is 1. The Balaban J connectivity index is 1.10. The average molecular weight is 753 g/mol. The van der Waals surface area contributed by atoms with E-state index < -0.39 is 29.6 Å². The van der Waals surface area contributed by atoms with E-state index in [-0.39, 0.29) is 24.8 Å². The van der Waals surface area contributed by atoms with Crippen LogP contribution >= 0.6 is 11.6 Å². The van der Waals surface area contributed by atoms with Gasteiger partial charge in [0.05, 0.1) is 38.6 Å². The lowest BCUT2D eigenvalue weighted by molar-refractivity contribution is -0.171. The lowest BCUT2D eigenvalue weighted by Gasteiger charge is -2.42. The SMILES string of the molecule is Cn1cc(C#Cc2ccc(NC(=O)[C@@H]3COC4(CCOCC4)N3C(=O)[C@@H](Cc3ccccc3)NC(=O)N3CCOCC3)cc2)c(-c2cc(Cl)ccc2O)n1. The Labute approximate surface area is 318 Å². The quantitative estimate of drug-likeness (QED) is 0.239. The predicted octanol–water partition coefficient (Wildman–Crippen LogP) is 4.17. The largest absolute Gasteiger partial charge is 0.507 e. The number of benzene rings is 3. The van der Waals surface area contributed by atoms with Gasteiger partial charge in [-0.25, -0.2) is 4.79 Å². The number of aromatic nitrogens is 2. The van der Waals surface area contributed by atoms with E-state index in [4.69, 9.17) is 25.8 Å². The zero-order valence-corrected chi connectivity index (χ0v) is 30.6. The molecule has 4 amide bonds. The van der Waals surface area contributed by atoms with Gasteiger partial charge in [0.1, 0.15) is 29.3 Å². The molecule has 0 unspecified atom stereocenters. The number of aryl methyl sites for hydroxylation is 1. The Bertz CT molecular complexity index is 2050. The lowest BCUT2D eigenvalue weighted by atomic mass is 9.98. The second-order valence-electron chi connectivity index (χ2n) is 13.4. The first-order valence-corrected chi connectivity index (χ1v) is 18.2. The summed E-state index contributed by atoms with van der Waals surface area (Å²) in [7, 11) is 1.77. The monoisotopic (exact) mass is 752 g/mol. The first kappa shape index (κ1) is 36.9. The summed E-state index contributed by atoms with van der Waals surface area (Å²) in [6.45, 7) is 2.40. The van der Waals surface area contributed by atoms with Crippen molar-refractivity contribution in [1.29, 1.82) is 0 Å². The number of phenolic OH excluding ortho intramolecular Hbond substituents is 1. The second-order valence-corrected chi connectivity index (χ2v) is 13.9. The summed E-state index contributed by atoms with van der Waals surface area (Å²) in [5, 5.41) is 21.3. The fraction of sp³-hybridized carbons (Fsp3) is 0.350. The number of halogens is 1. The smallest absolute Gasteiger partial charge is 0.318 e. The number of hydrogen-bond donors (Lipinski definition) is 3. The van der Waals surface area contributed by atoms with Crippen molar-refractivity contribution in [3.63, 3.8) is 0 Å². The van der Waals surface area contributed by atoms with Crippen LogP contribution in [0.25, 0.3) is 11.3 Å². The fourth-order valence-electron chi connectivity index (χ4n) is 6.99. The van der Waals surface area contributed by atoms with Crippen molar-refractivity contribution in [3.05, 3.63) is 101 Å². The molecule has 54 heavy (non-hydrogen) atoms. The van der Waals surface area contributed by atoms with Crippen LogP contribution in [0.3, 0.4) is 0 Å². The van der Waals surface area contributed by atoms with Crippen molar-refractivity contribution in [2.75, 3.05) is 51.4 Å². The molecule has 0 radical (unpaired) electrons. The third kappa shape index (κ3) is 8.22. The van der Waals surface area contributed by atoms with E-state index in [9.17, 15) is 19.5 Å². The number of anilines is 1. The summed E-state index contributed by atoms with van der Waals surface area (Å²) in [6.07, 6.45) is 2.77. The summed E-state index contributed by atoms with van der Waals surface area (Å²) in [4.78, 5) is 45.4. The van der Waals surface area contributed by atoms with Gasteiger partial charge in [0.25, 0.3) is 0 Å². The normalized spacial score (nSPS) is 18.4. The molecule has 3 N–H and O–H groups in total. The minimum Gasteiger partial charge on any atom is -0.507 e. The molecular formula is C40H41ClN6O7. The van der Waals surface area contributed by atoms with Gasteiger partial charge in [-0.3, -0.25) is 19.2 Å². The molecule has 0 bridgehead atoms. The molecule has 3 aliphatic rings. The highest BCUT2D eigenvalue weighted by Crippen LogP contribution is 2.38. The van der Waals surface area contributed by atoms with E-state index in [0.29, 0.717) is 85.5 Å². The van der Waals surface area contributed by atoms with Crippen molar-refractivity contribution in [1.82, 2.24) is 24.9 Å². The first-order valence-electron chi connectivity index (χ1n) is 17.9. The molecule has 1 aromatic heterocycles. The van der Waals surface area contributed by atoms with Crippen LogP contribution in [0.15, 0.2) is 79.0 Å². The highest BCUT2D eigenvalue weighted by molar-refractivity contribution is 6.31. The van der Waals surface area contributed by atoms with E-state index in [0.717, 1.165) is 5.56 Å². The third-order valence-corrected chi connectivity index (χ3v) is 10.0. The van der Waals surface area contributed by atoms with Crippen molar-refractivity contribution < 1.29 is 33.7 Å². The molecule has 280 valence electrons. The van der Waals surface area contributed by atoms with Gasteiger partial charge < -0.3 is 34.9 Å². The molecule has 3 fully saturated rings. The molecule has 7 rings (SSSR count). The van der Waals surface area contributed by atoms with Crippen LogP contribution in [0.2, 0.25) is 5.02 Å². The molecule has 3 aliphatic heterocycles. The topological polar surface area (TPSA) is 147 Å². The number of nitrogens with one attached hydrogen (secondary N) is 2. The number of phenols is 1. The van der Waals surface area contributed by atoms with Gasteiger partial charge in [0.2, 0.25) is 11.8 Å². The van der Waals surface area contributed by atoms with Crippen molar-refractivity contribution in [3.8, 4) is 28.8 Å². The first-order chi connectivity index (χ1) is 26.2. The number of ether oxygens (including phenoxy) is 3. The maximum absolute atomic E-state index is 14.7. The molecule has 0 saturated carbocycles. The maximum atomic E-state index is 14.7. The standard InChI is InChI=1S/C40H41ClN6O7/c1-45-25-29(36(44-45)32-24-30(41)11-14-35(32)48)10-7-27-8-12-31(13-9-27)42-37(49)34-26-54-40(15-19-52-20-16-40)47(34)38(50)33(23-28-5-3-2-4-6-28)43-39(51)46-17-21-53-22-18-46/h2-6,8-9,11-14,24-25,33-34,48H,15-23,26H2,1H3,(H,42,49)(H,43,51)/t33-,34+/m1/s1. The molecule has 3 aromatic carbocycles. The summed E-state index contributed by atoms with van der Waals surface area (Å²) in [6, 6.07) is 19.0. The number of rotatable bonds is 7. The molecule has 3 saturated heterocycles. The number of carbonyl (C=O) groups is 3. The number of urea groups is 1. The van der Waals surface area contributed by atoms with Gasteiger partial charge in [-0.15, -0.1) is 0 Å². The van der Waals surface area contributed by atoms with Gasteiger partial charge in [0, 0.05) is 67.4 Å². The van der Waals surface area contributed by atoms with Gasteiger partial charge in [-0.1, -0.05) is 53.8 Å². The van der Waals surface area contributed by atoms with Crippen molar-refractivity contribution in [2.45, 2.75) is 37.1 Å². The summed E-state index contributed by atoms with van der Waals surface area (Å²) >= 11 is 6.18. The van der Waals surface area contributed by atoms with E-state index in [1.165, 1.54) is 6.07 Å². The Morgan fingerprint density at radius 3 is 2.44 bits per heavy atom. The van der Waals surface area contributed by atoms with Gasteiger partial charge in [-0.05, 0) is 48.0 Å². The van der Waals surface area contributed by atoms with Gasteiger partial charge >= 0.3 is 6.03 Å². The summed E-state index contributed by atoms with van der Waals surface area (Å²) < 4.78 is 19.0. The maximum Gasteiger partial charge on any atom is 0.318 e. The number of nitrogens with zero attached hydrogens (tertiary/aromatic N) is 4. The Morgan fingerprint density at radius 1 is 0.981 bits per heavy atom. The lowest BCUT2D eigenvalue weighted by Crippen LogP contribution is -2.62. The number of carbonyl (C=O) groups excluding carboxylic acids is 3. The minimum absolute atomic E-state index is 0.00771. The predicted molar refractivity (Wildman–Crippen MR) is 201 cm³/mol. The zero-order chi connectivity index (χ0) is 37.7. The highest BCUT2D eigenvalue weighted by Gasteiger charge is 2.54. The van der Waals surface area contributed by atoms with Crippen LogP contribution in [-0.4, -0.2) is 106 Å². The van der Waals surface area contributed by atoms with E-state index in [1.54, 1.807) is 64.1 Å². The molecule has 4 heterocycles.